The van der Waals surface area contributed by atoms with Gasteiger partial charge in [0.15, 0.2) is 0 Å². The second-order valence-electron chi connectivity index (χ2n) is 6.07. The molecule has 0 saturated carbocycles. The largest absolute Gasteiger partial charge is 0.361 e. The molecule has 0 spiro atoms. The van der Waals surface area contributed by atoms with Crippen molar-refractivity contribution in [1.82, 2.24) is 5.16 Å². The molecule has 1 aromatic heterocycles. The number of hydrogen-bond donors (Lipinski definition) is 2. The molecule has 2 N–H and O–H groups in total. The molecule has 0 fully saturated rings. The highest BCUT2D eigenvalue weighted by Crippen LogP contribution is 2.17. The van der Waals surface area contributed by atoms with Gasteiger partial charge in [-0.05, 0) is 50.2 Å². The van der Waals surface area contributed by atoms with Gasteiger partial charge in [-0.25, -0.2) is 4.39 Å². The third-order valence-corrected chi connectivity index (χ3v) is 4.01. The number of carbonyl (C=O) groups excluding carboxylic acids is 2. The van der Waals surface area contributed by atoms with Crippen LogP contribution in [0.25, 0.3) is 0 Å². The number of benzene rings is 2. The minimum atomic E-state index is -0.437. The fourth-order valence-corrected chi connectivity index (χ4v) is 2.63. The van der Waals surface area contributed by atoms with Gasteiger partial charge in [0, 0.05) is 22.5 Å². The molecule has 2 aromatic carbocycles. The van der Waals surface area contributed by atoms with Crippen molar-refractivity contribution in [1.29, 1.82) is 0 Å². The summed E-state index contributed by atoms with van der Waals surface area (Å²) in [4.78, 5) is 24.6. The third kappa shape index (κ3) is 4.58. The van der Waals surface area contributed by atoms with Gasteiger partial charge < -0.3 is 15.2 Å². The summed E-state index contributed by atoms with van der Waals surface area (Å²) in [6.45, 7) is 3.52. The lowest BCUT2D eigenvalue weighted by Crippen LogP contribution is -2.16. The van der Waals surface area contributed by atoms with Crippen molar-refractivity contribution >= 4 is 23.2 Å². The average molecular weight is 367 g/mol. The number of anilines is 2. The Morgan fingerprint density at radius 1 is 1.04 bits per heavy atom. The molecule has 0 saturated heterocycles. The summed E-state index contributed by atoms with van der Waals surface area (Å²) >= 11 is 0. The van der Waals surface area contributed by atoms with Crippen LogP contribution in [0.1, 0.15) is 27.4 Å². The number of carbonyl (C=O) groups is 2. The summed E-state index contributed by atoms with van der Waals surface area (Å²) in [6, 6.07) is 12.1. The Hall–Kier alpha value is -3.48. The highest BCUT2D eigenvalue weighted by molar-refractivity contribution is 6.05. The van der Waals surface area contributed by atoms with E-state index in [1.807, 2.05) is 0 Å². The lowest BCUT2D eigenvalue weighted by Gasteiger charge is -2.09. The van der Waals surface area contributed by atoms with Gasteiger partial charge in [-0.1, -0.05) is 17.3 Å². The first kappa shape index (κ1) is 18.3. The van der Waals surface area contributed by atoms with Crippen molar-refractivity contribution in [3.05, 3.63) is 76.9 Å². The maximum atomic E-state index is 13.2. The number of aryl methyl sites for hydroxylation is 2. The quantitative estimate of drug-likeness (QED) is 0.717. The lowest BCUT2D eigenvalue weighted by atomic mass is 10.1. The molecule has 0 aliphatic carbocycles. The molecule has 1 heterocycles. The van der Waals surface area contributed by atoms with Crippen LogP contribution in [-0.4, -0.2) is 17.0 Å². The van der Waals surface area contributed by atoms with Crippen LogP contribution in [0.5, 0.6) is 0 Å². The molecule has 2 amide bonds. The van der Waals surface area contributed by atoms with Crippen molar-refractivity contribution in [3.63, 3.8) is 0 Å². The molecular formula is C20H18FN3O3. The topological polar surface area (TPSA) is 84.2 Å². The van der Waals surface area contributed by atoms with Crippen LogP contribution < -0.4 is 10.6 Å². The number of nitrogens with zero attached hydrogens (tertiary/aromatic N) is 1. The van der Waals surface area contributed by atoms with Crippen molar-refractivity contribution < 1.29 is 18.5 Å². The van der Waals surface area contributed by atoms with Crippen molar-refractivity contribution in [3.8, 4) is 0 Å². The van der Waals surface area contributed by atoms with E-state index < -0.39 is 11.7 Å². The molecule has 0 unspecified atom stereocenters. The summed E-state index contributed by atoms with van der Waals surface area (Å²) in [5.41, 5.74) is 2.60. The van der Waals surface area contributed by atoms with Crippen LogP contribution in [0.3, 0.4) is 0 Å². The first-order valence-corrected chi connectivity index (χ1v) is 8.31. The van der Waals surface area contributed by atoms with E-state index in [-0.39, 0.29) is 12.3 Å². The maximum Gasteiger partial charge on any atom is 0.255 e. The zero-order chi connectivity index (χ0) is 19.4. The van der Waals surface area contributed by atoms with Gasteiger partial charge in [-0.2, -0.15) is 0 Å². The fourth-order valence-electron chi connectivity index (χ4n) is 2.63. The fraction of sp³-hybridized carbons (Fsp3) is 0.150. The van der Waals surface area contributed by atoms with E-state index in [9.17, 15) is 14.0 Å². The average Bonchev–Trinajstić information content (AvgIpc) is 2.94. The molecule has 0 aliphatic heterocycles. The molecule has 27 heavy (non-hydrogen) atoms. The van der Waals surface area contributed by atoms with Gasteiger partial charge in [-0.15, -0.1) is 0 Å². The van der Waals surface area contributed by atoms with Crippen LogP contribution in [0, 0.1) is 19.7 Å². The SMILES string of the molecule is Cc1noc(C)c1CC(=O)Nc1cccc(C(=O)Nc2cccc(F)c2)c1. The van der Waals surface area contributed by atoms with E-state index >= 15 is 0 Å². The highest BCUT2D eigenvalue weighted by atomic mass is 19.1. The predicted octanol–water partition coefficient (Wildman–Crippen LogP) is 3.86. The normalized spacial score (nSPS) is 10.5. The number of amides is 2. The first-order chi connectivity index (χ1) is 12.9. The van der Waals surface area contributed by atoms with Gasteiger partial charge in [-0.3, -0.25) is 9.59 Å². The smallest absolute Gasteiger partial charge is 0.255 e. The first-order valence-electron chi connectivity index (χ1n) is 8.31. The van der Waals surface area contributed by atoms with Crippen LogP contribution in [-0.2, 0) is 11.2 Å². The standard InChI is InChI=1S/C20H18FN3O3/c1-12-18(13(2)27-24-12)11-19(25)22-16-7-3-5-14(9-16)20(26)23-17-8-4-6-15(21)10-17/h3-10H,11H2,1-2H3,(H,22,25)(H,23,26). The Morgan fingerprint density at radius 3 is 2.41 bits per heavy atom. The molecule has 0 radical (unpaired) electrons. The monoisotopic (exact) mass is 367 g/mol. The number of aromatic nitrogens is 1. The Labute approximate surface area is 155 Å². The van der Waals surface area contributed by atoms with Crippen LogP contribution >= 0.6 is 0 Å². The van der Waals surface area contributed by atoms with Gasteiger partial charge >= 0.3 is 0 Å². The van der Waals surface area contributed by atoms with Gasteiger partial charge in [0.1, 0.15) is 11.6 Å². The van der Waals surface area contributed by atoms with Crippen molar-refractivity contribution in [2.24, 2.45) is 0 Å². The molecule has 3 aromatic rings. The summed E-state index contributed by atoms with van der Waals surface area (Å²) < 4.78 is 18.3. The van der Waals surface area contributed by atoms with Gasteiger partial charge in [0.25, 0.3) is 5.91 Å². The number of hydrogen-bond acceptors (Lipinski definition) is 4. The van der Waals surface area contributed by atoms with E-state index in [4.69, 9.17) is 4.52 Å². The zero-order valence-electron chi connectivity index (χ0n) is 14.9. The zero-order valence-corrected chi connectivity index (χ0v) is 14.9. The number of nitrogens with one attached hydrogen (secondary N) is 2. The minimum absolute atomic E-state index is 0.126. The van der Waals surface area contributed by atoms with Gasteiger partial charge in [0.05, 0.1) is 12.1 Å². The molecule has 0 atom stereocenters. The molecule has 6 nitrogen and oxygen atoms in total. The van der Waals surface area contributed by atoms with Crippen LogP contribution in [0.15, 0.2) is 53.1 Å². The molecule has 138 valence electrons. The van der Waals surface area contributed by atoms with Crippen molar-refractivity contribution in [2.75, 3.05) is 10.6 Å². The number of halogens is 1. The second kappa shape index (κ2) is 7.82. The highest BCUT2D eigenvalue weighted by Gasteiger charge is 2.14. The second-order valence-corrected chi connectivity index (χ2v) is 6.07. The maximum absolute atomic E-state index is 13.2. The molecule has 3 rings (SSSR count). The van der Waals surface area contributed by atoms with E-state index in [1.165, 1.54) is 18.2 Å². The van der Waals surface area contributed by atoms with E-state index in [0.29, 0.717) is 28.4 Å². The van der Waals surface area contributed by atoms with E-state index in [2.05, 4.69) is 15.8 Å². The summed E-state index contributed by atoms with van der Waals surface area (Å²) in [5, 5.41) is 9.20. The number of rotatable bonds is 5. The summed E-state index contributed by atoms with van der Waals surface area (Å²) in [7, 11) is 0. The van der Waals surface area contributed by atoms with Crippen molar-refractivity contribution in [2.45, 2.75) is 20.3 Å². The van der Waals surface area contributed by atoms with Crippen LogP contribution in [0.2, 0.25) is 0 Å². The Balaban J connectivity index is 1.68. The molecule has 0 aliphatic rings. The molecular weight excluding hydrogens is 349 g/mol. The Morgan fingerprint density at radius 2 is 1.74 bits per heavy atom. The Kier molecular flexibility index (Phi) is 5.30. The molecule has 7 heteroatoms. The summed E-state index contributed by atoms with van der Waals surface area (Å²) in [6.07, 6.45) is 0.126. The predicted molar refractivity (Wildman–Crippen MR) is 99.1 cm³/mol. The summed E-state index contributed by atoms with van der Waals surface area (Å²) in [5.74, 6) is -0.478. The third-order valence-electron chi connectivity index (χ3n) is 4.01. The van der Waals surface area contributed by atoms with E-state index in [1.54, 1.807) is 44.2 Å². The lowest BCUT2D eigenvalue weighted by molar-refractivity contribution is -0.115. The minimum Gasteiger partial charge on any atom is -0.361 e. The Bertz CT molecular complexity index is 978. The molecule has 0 bridgehead atoms. The van der Waals surface area contributed by atoms with Crippen LogP contribution in [0.4, 0.5) is 15.8 Å². The van der Waals surface area contributed by atoms with E-state index in [0.717, 1.165) is 5.56 Å². The van der Waals surface area contributed by atoms with Gasteiger partial charge in [0.2, 0.25) is 5.91 Å².